The van der Waals surface area contributed by atoms with Gasteiger partial charge in [-0.1, -0.05) is 6.92 Å². The van der Waals surface area contributed by atoms with Crippen molar-refractivity contribution >= 4 is 17.4 Å². The first-order valence-electron chi connectivity index (χ1n) is 7.47. The van der Waals surface area contributed by atoms with Gasteiger partial charge in [-0.15, -0.1) is 0 Å². The number of rotatable bonds is 6. The van der Waals surface area contributed by atoms with E-state index in [0.717, 1.165) is 0 Å². The number of hydrogen-bond donors (Lipinski definition) is 3. The van der Waals surface area contributed by atoms with Gasteiger partial charge < -0.3 is 20.6 Å². The summed E-state index contributed by atoms with van der Waals surface area (Å²) in [5, 5.41) is 14.4. The summed E-state index contributed by atoms with van der Waals surface area (Å²) in [6.07, 6.45) is 0. The Bertz CT molecular complexity index is 508. The van der Waals surface area contributed by atoms with Gasteiger partial charge in [-0.25, -0.2) is 9.18 Å². The number of aliphatic hydroxyl groups excluding tert-OH is 1. The van der Waals surface area contributed by atoms with Crippen molar-refractivity contribution < 1.29 is 14.3 Å². The molecule has 0 aliphatic heterocycles. The van der Waals surface area contributed by atoms with Gasteiger partial charge in [0.25, 0.3) is 0 Å². The van der Waals surface area contributed by atoms with Gasteiger partial charge in [0.1, 0.15) is 5.82 Å². The number of anilines is 2. The van der Waals surface area contributed by atoms with Crippen LogP contribution in [0, 0.1) is 11.7 Å². The quantitative estimate of drug-likeness (QED) is 0.757. The van der Waals surface area contributed by atoms with Crippen molar-refractivity contribution in [2.75, 3.05) is 23.9 Å². The van der Waals surface area contributed by atoms with Crippen molar-refractivity contribution in [3.63, 3.8) is 0 Å². The Labute approximate surface area is 131 Å². The lowest BCUT2D eigenvalue weighted by atomic mass is 10.1. The summed E-state index contributed by atoms with van der Waals surface area (Å²) < 4.78 is 14.1. The minimum absolute atomic E-state index is 0.00763. The molecule has 0 aliphatic rings. The van der Waals surface area contributed by atoms with Gasteiger partial charge in [0, 0.05) is 31.4 Å². The maximum absolute atomic E-state index is 14.1. The van der Waals surface area contributed by atoms with E-state index in [-0.39, 0.29) is 30.4 Å². The summed E-state index contributed by atoms with van der Waals surface area (Å²) in [6.45, 7) is 7.58. The summed E-state index contributed by atoms with van der Waals surface area (Å²) in [5.41, 5.74) is 0.878. The molecule has 0 heterocycles. The summed E-state index contributed by atoms with van der Waals surface area (Å²) in [4.78, 5) is 13.7. The number of hydrogen-bond acceptors (Lipinski definition) is 3. The molecule has 2 atom stereocenters. The molecular formula is C16H26FN3O2. The lowest BCUT2D eigenvalue weighted by Crippen LogP contribution is -2.40. The fourth-order valence-electron chi connectivity index (χ4n) is 1.82. The van der Waals surface area contributed by atoms with Crippen molar-refractivity contribution in [2.45, 2.75) is 39.8 Å². The Kier molecular flexibility index (Phi) is 6.61. The summed E-state index contributed by atoms with van der Waals surface area (Å²) in [6, 6.07) is 4.19. The average molecular weight is 311 g/mol. The lowest BCUT2D eigenvalue weighted by molar-refractivity contribution is 0.204. The van der Waals surface area contributed by atoms with Gasteiger partial charge in [0.15, 0.2) is 0 Å². The Hall–Kier alpha value is -1.82. The van der Waals surface area contributed by atoms with Crippen molar-refractivity contribution in [3.8, 4) is 0 Å². The zero-order valence-corrected chi connectivity index (χ0v) is 13.9. The molecule has 2 amide bonds. The van der Waals surface area contributed by atoms with E-state index in [1.165, 1.54) is 6.07 Å². The van der Waals surface area contributed by atoms with E-state index in [1.54, 1.807) is 12.1 Å². The van der Waals surface area contributed by atoms with Crippen LogP contribution in [0.4, 0.5) is 20.6 Å². The van der Waals surface area contributed by atoms with Gasteiger partial charge in [0.2, 0.25) is 0 Å². The third-order valence-electron chi connectivity index (χ3n) is 3.86. The molecule has 22 heavy (non-hydrogen) atoms. The predicted octanol–water partition coefficient (Wildman–Crippen LogP) is 2.81. The molecule has 1 aromatic rings. The number of amides is 2. The molecule has 124 valence electrons. The second kappa shape index (κ2) is 7.98. The minimum atomic E-state index is -0.419. The zero-order chi connectivity index (χ0) is 16.9. The number of carbonyl (C=O) groups excluding carboxylic acids is 1. The molecule has 2 unspecified atom stereocenters. The molecule has 0 radical (unpaired) electrons. The zero-order valence-electron chi connectivity index (χ0n) is 13.9. The number of benzene rings is 1. The maximum atomic E-state index is 14.1. The van der Waals surface area contributed by atoms with Crippen molar-refractivity contribution in [3.05, 3.63) is 24.0 Å². The van der Waals surface area contributed by atoms with Crippen LogP contribution in [0.5, 0.6) is 0 Å². The fraction of sp³-hybridized carbons (Fsp3) is 0.562. The number of urea groups is 1. The highest BCUT2D eigenvalue weighted by atomic mass is 19.1. The summed E-state index contributed by atoms with van der Waals surface area (Å²) in [7, 11) is 1.82. The maximum Gasteiger partial charge on any atom is 0.319 e. The lowest BCUT2D eigenvalue weighted by Gasteiger charge is -2.24. The largest absolute Gasteiger partial charge is 0.396 e. The minimum Gasteiger partial charge on any atom is -0.396 e. The molecule has 0 bridgehead atoms. The molecule has 0 fully saturated rings. The third kappa shape index (κ3) is 4.87. The highest BCUT2D eigenvalue weighted by Crippen LogP contribution is 2.23. The van der Waals surface area contributed by atoms with Crippen LogP contribution in [0.25, 0.3) is 0 Å². The van der Waals surface area contributed by atoms with Gasteiger partial charge in [0.05, 0.1) is 5.69 Å². The third-order valence-corrected chi connectivity index (χ3v) is 3.86. The Morgan fingerprint density at radius 1 is 1.32 bits per heavy atom. The monoisotopic (exact) mass is 311 g/mol. The van der Waals surface area contributed by atoms with Gasteiger partial charge in [-0.05, 0) is 44.9 Å². The van der Waals surface area contributed by atoms with Crippen LogP contribution in [-0.2, 0) is 0 Å². The van der Waals surface area contributed by atoms with E-state index in [4.69, 9.17) is 5.11 Å². The van der Waals surface area contributed by atoms with Crippen LogP contribution in [0.15, 0.2) is 18.2 Å². The second-order valence-corrected chi connectivity index (χ2v) is 5.92. The molecule has 0 saturated carbocycles. The van der Waals surface area contributed by atoms with Crippen LogP contribution in [0.3, 0.4) is 0 Å². The SMILES string of the molecule is CC(CO)C(C)NC(=O)Nc1ccc(N(C)C(C)C)c(F)c1. The van der Waals surface area contributed by atoms with Gasteiger partial charge >= 0.3 is 6.03 Å². The smallest absolute Gasteiger partial charge is 0.319 e. The van der Waals surface area contributed by atoms with E-state index in [0.29, 0.717) is 11.4 Å². The van der Waals surface area contributed by atoms with E-state index < -0.39 is 6.03 Å². The average Bonchev–Trinajstić information content (AvgIpc) is 2.45. The number of halogens is 1. The van der Waals surface area contributed by atoms with Crippen LogP contribution >= 0.6 is 0 Å². The molecule has 1 aromatic carbocycles. The van der Waals surface area contributed by atoms with E-state index >= 15 is 0 Å². The molecule has 0 aliphatic carbocycles. The number of aliphatic hydroxyl groups is 1. The molecule has 0 aromatic heterocycles. The Balaban J connectivity index is 2.71. The molecule has 0 spiro atoms. The Morgan fingerprint density at radius 3 is 2.45 bits per heavy atom. The number of carbonyl (C=O) groups is 1. The number of nitrogens with one attached hydrogen (secondary N) is 2. The molecule has 5 nitrogen and oxygen atoms in total. The molecule has 6 heteroatoms. The van der Waals surface area contributed by atoms with Gasteiger partial charge in [-0.3, -0.25) is 0 Å². The van der Waals surface area contributed by atoms with Crippen LogP contribution < -0.4 is 15.5 Å². The number of nitrogens with zero attached hydrogens (tertiary/aromatic N) is 1. The Morgan fingerprint density at radius 2 is 1.95 bits per heavy atom. The fourth-order valence-corrected chi connectivity index (χ4v) is 1.82. The first kappa shape index (κ1) is 18.2. The first-order valence-corrected chi connectivity index (χ1v) is 7.47. The topological polar surface area (TPSA) is 64.6 Å². The molecule has 0 saturated heterocycles. The second-order valence-electron chi connectivity index (χ2n) is 5.92. The van der Waals surface area contributed by atoms with Crippen molar-refractivity contribution in [1.29, 1.82) is 0 Å². The summed E-state index contributed by atoms with van der Waals surface area (Å²) >= 11 is 0. The van der Waals surface area contributed by atoms with Crippen molar-refractivity contribution in [2.24, 2.45) is 5.92 Å². The van der Waals surface area contributed by atoms with E-state index in [2.05, 4.69) is 10.6 Å². The normalized spacial score (nSPS) is 13.6. The van der Waals surface area contributed by atoms with Crippen molar-refractivity contribution in [1.82, 2.24) is 5.32 Å². The van der Waals surface area contributed by atoms with Crippen LogP contribution in [0.1, 0.15) is 27.7 Å². The van der Waals surface area contributed by atoms with E-state index in [9.17, 15) is 9.18 Å². The van der Waals surface area contributed by atoms with Crippen LogP contribution in [-0.4, -0.2) is 36.9 Å². The molecular weight excluding hydrogens is 285 g/mol. The standard InChI is InChI=1S/C16H26FN3O2/c1-10(2)20(5)15-7-6-13(8-14(15)17)19-16(22)18-12(4)11(3)9-21/h6-8,10-12,21H,9H2,1-5H3,(H2,18,19,22). The highest BCUT2D eigenvalue weighted by molar-refractivity contribution is 5.89. The van der Waals surface area contributed by atoms with Crippen LogP contribution in [0.2, 0.25) is 0 Å². The first-order chi connectivity index (χ1) is 10.3. The van der Waals surface area contributed by atoms with Gasteiger partial charge in [-0.2, -0.15) is 0 Å². The molecule has 3 N–H and O–H groups in total. The highest BCUT2D eigenvalue weighted by Gasteiger charge is 2.15. The predicted molar refractivity (Wildman–Crippen MR) is 87.8 cm³/mol. The molecule has 1 rings (SSSR count). The van der Waals surface area contributed by atoms with E-state index in [1.807, 2.05) is 39.6 Å². The summed E-state index contributed by atoms with van der Waals surface area (Å²) in [5.74, 6) is -0.435.